The van der Waals surface area contributed by atoms with Crippen molar-refractivity contribution < 1.29 is 19.1 Å². The van der Waals surface area contributed by atoms with Crippen molar-refractivity contribution in [2.75, 3.05) is 19.3 Å². The number of nitrogen functional groups attached to an aromatic ring is 1. The lowest BCUT2D eigenvalue weighted by atomic mass is 10.1. The number of pyridine rings is 1. The molecule has 5 N–H and O–H groups in total. The van der Waals surface area contributed by atoms with Gasteiger partial charge < -0.3 is 35.7 Å². The van der Waals surface area contributed by atoms with Gasteiger partial charge in [-0.25, -0.2) is 19.6 Å². The van der Waals surface area contributed by atoms with Crippen LogP contribution in [0.15, 0.2) is 48.5 Å². The number of fused-ring (bicyclic) bond motifs is 3. The number of imidazole rings is 1. The van der Waals surface area contributed by atoms with Crippen LogP contribution in [0.25, 0.3) is 21.9 Å². The number of nitrogens with one attached hydrogen (secondary N) is 3. The van der Waals surface area contributed by atoms with Crippen LogP contribution in [0.2, 0.25) is 0 Å². The molecular formula is C27H33N7O4. The molecule has 0 spiro atoms. The molecule has 0 aliphatic carbocycles. The number of alkyl carbamates (subject to hydrolysis) is 1. The maximum atomic E-state index is 12.2. The van der Waals surface area contributed by atoms with Crippen LogP contribution in [0.4, 0.5) is 15.4 Å². The molecule has 2 aromatic carbocycles. The minimum Gasteiger partial charge on any atom is -0.489 e. The van der Waals surface area contributed by atoms with E-state index in [1.54, 1.807) is 20.8 Å². The Kier molecular flexibility index (Phi) is 7.85. The predicted molar refractivity (Wildman–Crippen MR) is 146 cm³/mol. The summed E-state index contributed by atoms with van der Waals surface area (Å²) in [6.45, 7) is 6.63. The molecule has 0 bridgehead atoms. The van der Waals surface area contributed by atoms with Gasteiger partial charge in [0.25, 0.3) is 0 Å². The number of urea groups is 1. The molecule has 3 amide bonds. The molecular weight excluding hydrogens is 486 g/mol. The molecule has 4 rings (SSSR count). The van der Waals surface area contributed by atoms with E-state index in [-0.39, 0.29) is 24.9 Å². The van der Waals surface area contributed by atoms with Crippen molar-refractivity contribution in [1.82, 2.24) is 30.5 Å². The number of aromatic nitrogens is 3. The fraction of sp³-hybridized carbons (Fsp3) is 0.333. The van der Waals surface area contributed by atoms with Crippen LogP contribution >= 0.6 is 0 Å². The van der Waals surface area contributed by atoms with Crippen molar-refractivity contribution in [3.8, 4) is 5.75 Å². The second-order valence-electron chi connectivity index (χ2n) is 9.69. The van der Waals surface area contributed by atoms with E-state index in [1.807, 2.05) is 53.1 Å². The van der Waals surface area contributed by atoms with Crippen LogP contribution in [0, 0.1) is 0 Å². The predicted octanol–water partition coefficient (Wildman–Crippen LogP) is 3.70. The monoisotopic (exact) mass is 519 g/mol. The lowest BCUT2D eigenvalue weighted by Crippen LogP contribution is -2.35. The van der Waals surface area contributed by atoms with Gasteiger partial charge in [-0.3, -0.25) is 0 Å². The van der Waals surface area contributed by atoms with Crippen molar-refractivity contribution in [2.24, 2.45) is 0 Å². The van der Waals surface area contributed by atoms with Gasteiger partial charge in [-0.05, 0) is 38.5 Å². The molecule has 4 aromatic rings. The van der Waals surface area contributed by atoms with Gasteiger partial charge in [0, 0.05) is 31.6 Å². The van der Waals surface area contributed by atoms with Crippen molar-refractivity contribution in [2.45, 2.75) is 46.1 Å². The van der Waals surface area contributed by atoms with Crippen molar-refractivity contribution in [3.63, 3.8) is 0 Å². The first-order valence-electron chi connectivity index (χ1n) is 12.3. The number of anilines is 1. The quantitative estimate of drug-likeness (QED) is 0.278. The maximum absolute atomic E-state index is 12.2. The first kappa shape index (κ1) is 26.5. The molecule has 11 nitrogen and oxygen atoms in total. The summed E-state index contributed by atoms with van der Waals surface area (Å²) in [5.74, 6) is 1.49. The van der Waals surface area contributed by atoms with E-state index < -0.39 is 11.7 Å². The van der Waals surface area contributed by atoms with Gasteiger partial charge in [-0.1, -0.05) is 30.3 Å². The van der Waals surface area contributed by atoms with Crippen LogP contribution in [0.1, 0.15) is 32.2 Å². The highest BCUT2D eigenvalue weighted by Crippen LogP contribution is 2.31. The van der Waals surface area contributed by atoms with Gasteiger partial charge in [0.1, 0.15) is 29.3 Å². The minimum atomic E-state index is -0.606. The lowest BCUT2D eigenvalue weighted by Gasteiger charge is -2.20. The average Bonchev–Trinajstić information content (AvgIpc) is 3.24. The van der Waals surface area contributed by atoms with Crippen LogP contribution < -0.4 is 26.4 Å². The number of nitrogens with zero attached hydrogens (tertiary/aromatic N) is 3. The van der Waals surface area contributed by atoms with Crippen LogP contribution in [0.5, 0.6) is 5.75 Å². The molecule has 0 radical (unpaired) electrons. The zero-order valence-electron chi connectivity index (χ0n) is 22.0. The molecule has 11 heteroatoms. The van der Waals surface area contributed by atoms with Gasteiger partial charge in [-0.2, -0.15) is 0 Å². The Hall–Kier alpha value is -4.54. The number of carbonyl (C=O) groups is 2. The highest BCUT2D eigenvalue weighted by molar-refractivity contribution is 6.07. The summed E-state index contributed by atoms with van der Waals surface area (Å²) in [6.07, 6.45) is -0.516. The molecule has 2 aromatic heterocycles. The van der Waals surface area contributed by atoms with E-state index in [0.29, 0.717) is 35.8 Å². The summed E-state index contributed by atoms with van der Waals surface area (Å²) in [5, 5.41) is 8.88. The lowest BCUT2D eigenvalue weighted by molar-refractivity contribution is 0.0526. The van der Waals surface area contributed by atoms with Crippen molar-refractivity contribution in [3.05, 3.63) is 59.9 Å². The summed E-state index contributed by atoms with van der Waals surface area (Å²) in [7, 11) is 1.54. The molecule has 0 atom stereocenters. The number of carbonyl (C=O) groups excluding carboxylic acids is 2. The summed E-state index contributed by atoms with van der Waals surface area (Å²) in [5.41, 5.74) is 8.69. The number of rotatable bonds is 8. The Bertz CT molecular complexity index is 1450. The molecule has 0 fully saturated rings. The van der Waals surface area contributed by atoms with Crippen molar-refractivity contribution >= 4 is 39.9 Å². The van der Waals surface area contributed by atoms with Gasteiger partial charge in [0.05, 0.1) is 17.6 Å². The zero-order valence-corrected chi connectivity index (χ0v) is 22.0. The molecule has 0 aliphatic rings. The fourth-order valence-corrected chi connectivity index (χ4v) is 3.98. The molecule has 2 heterocycles. The fourth-order valence-electron chi connectivity index (χ4n) is 3.98. The Morgan fingerprint density at radius 1 is 1.05 bits per heavy atom. The molecule has 200 valence electrons. The highest BCUT2D eigenvalue weighted by Gasteiger charge is 2.20. The Morgan fingerprint density at radius 2 is 1.82 bits per heavy atom. The van der Waals surface area contributed by atoms with Gasteiger partial charge in [0.15, 0.2) is 5.82 Å². The first-order valence-corrected chi connectivity index (χ1v) is 12.3. The first-order chi connectivity index (χ1) is 18.1. The van der Waals surface area contributed by atoms with Crippen LogP contribution in [-0.2, 0) is 24.4 Å². The van der Waals surface area contributed by atoms with Gasteiger partial charge in [0.2, 0.25) is 0 Å². The van der Waals surface area contributed by atoms with Gasteiger partial charge >= 0.3 is 12.1 Å². The number of hydrogen-bond donors (Lipinski definition) is 4. The Labute approximate surface area is 220 Å². The Morgan fingerprint density at radius 3 is 2.53 bits per heavy atom. The van der Waals surface area contributed by atoms with E-state index in [4.69, 9.17) is 15.2 Å². The number of ether oxygens (including phenoxy) is 2. The summed E-state index contributed by atoms with van der Waals surface area (Å²) in [6, 6.07) is 15.2. The molecule has 38 heavy (non-hydrogen) atoms. The van der Waals surface area contributed by atoms with E-state index >= 15 is 0 Å². The maximum Gasteiger partial charge on any atom is 0.407 e. The third kappa shape index (κ3) is 6.41. The third-order valence-electron chi connectivity index (χ3n) is 5.64. The zero-order chi connectivity index (χ0) is 27.3. The second kappa shape index (κ2) is 11.2. The molecule has 0 saturated heterocycles. The summed E-state index contributed by atoms with van der Waals surface area (Å²) >= 11 is 0. The molecule has 0 aliphatic heterocycles. The standard InChI is InChI=1S/C27H33N7O4/c1-27(2,3)38-26(36)30-12-13-34-21(15-31-25(35)29-4)33-22-23(34)19-11-10-18(14-20(19)32-24(22)28)37-16-17-8-6-5-7-9-17/h5-11,14H,12-13,15-16H2,1-4H3,(H2,28,32)(H,30,36)(H2,29,31,35). The molecule has 0 unspecified atom stereocenters. The second-order valence-corrected chi connectivity index (χ2v) is 9.69. The topological polar surface area (TPSA) is 145 Å². The number of nitrogens with two attached hydrogens (primary N) is 1. The average molecular weight is 520 g/mol. The summed E-state index contributed by atoms with van der Waals surface area (Å²) in [4.78, 5) is 33.3. The number of amides is 3. The molecule has 0 saturated carbocycles. The normalized spacial score (nSPS) is 11.4. The number of benzene rings is 2. The van der Waals surface area contributed by atoms with Crippen molar-refractivity contribution in [1.29, 1.82) is 0 Å². The van der Waals surface area contributed by atoms with E-state index in [0.717, 1.165) is 16.5 Å². The van der Waals surface area contributed by atoms with E-state index in [9.17, 15) is 9.59 Å². The van der Waals surface area contributed by atoms with E-state index in [1.165, 1.54) is 7.05 Å². The SMILES string of the molecule is CNC(=O)NCc1nc2c(N)nc3cc(OCc4ccccc4)ccc3c2n1CCNC(=O)OC(C)(C)C. The third-order valence-corrected chi connectivity index (χ3v) is 5.64. The van der Waals surface area contributed by atoms with Gasteiger partial charge in [-0.15, -0.1) is 0 Å². The smallest absolute Gasteiger partial charge is 0.407 e. The van der Waals surface area contributed by atoms with Crippen LogP contribution in [-0.4, -0.2) is 45.9 Å². The Balaban J connectivity index is 1.66. The minimum absolute atomic E-state index is 0.153. The van der Waals surface area contributed by atoms with E-state index in [2.05, 4.69) is 25.9 Å². The summed E-state index contributed by atoms with van der Waals surface area (Å²) < 4.78 is 13.2. The largest absolute Gasteiger partial charge is 0.489 e. The number of hydrogen-bond acceptors (Lipinski definition) is 7. The highest BCUT2D eigenvalue weighted by atomic mass is 16.6. The van der Waals surface area contributed by atoms with Crippen LogP contribution in [0.3, 0.4) is 0 Å².